The first-order valence-electron chi connectivity index (χ1n) is 32.6. The van der Waals surface area contributed by atoms with Crippen LogP contribution in [0.5, 0.6) is 0 Å². The molecule has 0 saturated carbocycles. The minimum atomic E-state index is -4.69. The van der Waals surface area contributed by atoms with E-state index < -0.39 is 20.0 Å². The maximum absolute atomic E-state index is 13.5. The first-order chi connectivity index (χ1) is 36.4. The number of carbonyl (C=O) groups is 2. The Balaban J connectivity index is 5.00. The third-order valence-electron chi connectivity index (χ3n) is 14.9. The molecule has 0 heterocycles. The monoisotopic (exact) mass is 1080 g/mol. The standard InChI is InChI=1S/C65H127N2O7P/c1-7-10-13-16-19-22-25-27-28-29-30-31-32-33-34-35-36-37-38-40-42-45-48-51-54-57-64(68)66-62(61-73-75(70,71)72-60-59-67(4,5)6)63(56-53-50-47-44-41-24-21-18-15-12-9-3)74-65(69)58-55-52-49-46-43-39-26-23-20-17-14-11-8-2/h27-28,53,56,62-63H,7-26,29-52,54-55,57-61H2,1-6H3,(H-,66,68,70,71)/b28-27+,56-53-. The summed E-state index contributed by atoms with van der Waals surface area (Å²) in [4.78, 5) is 39.9. The molecule has 0 spiro atoms. The third-order valence-corrected chi connectivity index (χ3v) is 15.8. The van der Waals surface area contributed by atoms with Crippen molar-refractivity contribution in [2.45, 2.75) is 341 Å². The zero-order valence-electron chi connectivity index (χ0n) is 50.8. The number of phosphoric ester groups is 1. The molecule has 3 unspecified atom stereocenters. The van der Waals surface area contributed by atoms with Gasteiger partial charge in [0.15, 0.2) is 0 Å². The van der Waals surface area contributed by atoms with Crippen LogP contribution in [0.25, 0.3) is 0 Å². The summed E-state index contributed by atoms with van der Waals surface area (Å²) in [6, 6.07) is -0.881. The number of esters is 1. The van der Waals surface area contributed by atoms with Gasteiger partial charge in [-0.15, -0.1) is 0 Å². The molecule has 1 amide bonds. The minimum absolute atomic E-state index is 0.0182. The molecule has 1 N–H and O–H groups in total. The third kappa shape index (κ3) is 57.0. The van der Waals surface area contributed by atoms with Gasteiger partial charge in [-0.05, 0) is 57.4 Å². The predicted molar refractivity (Wildman–Crippen MR) is 321 cm³/mol. The van der Waals surface area contributed by atoms with Crippen molar-refractivity contribution in [2.75, 3.05) is 40.9 Å². The van der Waals surface area contributed by atoms with Gasteiger partial charge in [0.2, 0.25) is 5.91 Å². The summed E-state index contributed by atoms with van der Waals surface area (Å²) in [6.07, 6.45) is 65.8. The lowest BCUT2D eigenvalue weighted by Crippen LogP contribution is -2.47. The zero-order chi connectivity index (χ0) is 55.0. The lowest BCUT2D eigenvalue weighted by atomic mass is 10.0. The smallest absolute Gasteiger partial charge is 0.306 e. The fourth-order valence-corrected chi connectivity index (χ4v) is 10.5. The minimum Gasteiger partial charge on any atom is -0.756 e. The van der Waals surface area contributed by atoms with Crippen molar-refractivity contribution >= 4 is 19.7 Å². The first kappa shape index (κ1) is 73.5. The van der Waals surface area contributed by atoms with E-state index >= 15 is 0 Å². The summed E-state index contributed by atoms with van der Waals surface area (Å²) < 4.78 is 30.3. The van der Waals surface area contributed by atoms with Crippen molar-refractivity contribution in [3.8, 4) is 0 Å². The van der Waals surface area contributed by atoms with Crippen LogP contribution in [-0.4, -0.2) is 69.4 Å². The second-order valence-electron chi connectivity index (χ2n) is 23.6. The Morgan fingerprint density at radius 2 is 0.773 bits per heavy atom. The fourth-order valence-electron chi connectivity index (χ4n) is 9.81. The van der Waals surface area contributed by atoms with Crippen LogP contribution in [-0.2, 0) is 27.9 Å². The SMILES string of the molecule is CCCCCCCC/C=C/CCCCCCCCCCCCCCCCCC(=O)NC(COP(=O)([O-])OCC[N+](C)(C)C)C(/C=C\CCCCCCCCCCC)OC(=O)CCCCCCCCCCCCCCC. The first-order valence-corrected chi connectivity index (χ1v) is 34.1. The number of likely N-dealkylation sites (N-methyl/N-ethyl adjacent to an activating group) is 1. The Hall–Kier alpha value is -1.51. The van der Waals surface area contributed by atoms with Gasteiger partial charge in [0.1, 0.15) is 19.3 Å². The second-order valence-corrected chi connectivity index (χ2v) is 25.0. The summed E-state index contributed by atoms with van der Waals surface area (Å²) in [5.41, 5.74) is 0. The van der Waals surface area contributed by atoms with Crippen molar-refractivity contribution < 1.29 is 37.3 Å². The van der Waals surface area contributed by atoms with Crippen molar-refractivity contribution in [3.63, 3.8) is 0 Å². The molecular weight excluding hydrogens is 952 g/mol. The highest BCUT2D eigenvalue weighted by Crippen LogP contribution is 2.38. The van der Waals surface area contributed by atoms with Crippen LogP contribution in [0.4, 0.5) is 0 Å². The number of phosphoric acid groups is 1. The van der Waals surface area contributed by atoms with Crippen LogP contribution < -0.4 is 10.2 Å². The number of hydrogen-bond acceptors (Lipinski definition) is 7. The van der Waals surface area contributed by atoms with Crippen LogP contribution in [0.1, 0.15) is 329 Å². The van der Waals surface area contributed by atoms with Crippen molar-refractivity contribution in [1.29, 1.82) is 0 Å². The number of ether oxygens (including phenoxy) is 1. The highest BCUT2D eigenvalue weighted by Gasteiger charge is 2.27. The summed E-state index contributed by atoms with van der Waals surface area (Å²) in [7, 11) is 1.20. The number of amides is 1. The van der Waals surface area contributed by atoms with E-state index in [-0.39, 0.29) is 31.5 Å². The molecule has 0 fully saturated rings. The zero-order valence-corrected chi connectivity index (χ0v) is 51.7. The van der Waals surface area contributed by atoms with Crippen LogP contribution in [0, 0.1) is 0 Å². The van der Waals surface area contributed by atoms with Gasteiger partial charge in [-0.2, -0.15) is 0 Å². The molecule has 0 aromatic carbocycles. The molecule has 75 heavy (non-hydrogen) atoms. The summed E-state index contributed by atoms with van der Waals surface area (Å²) in [5, 5.41) is 3.04. The lowest BCUT2D eigenvalue weighted by molar-refractivity contribution is -0.870. The topological polar surface area (TPSA) is 114 Å². The van der Waals surface area contributed by atoms with Crippen LogP contribution in [0.2, 0.25) is 0 Å². The molecule has 0 aromatic heterocycles. The molecule has 3 atom stereocenters. The fraction of sp³-hybridized carbons (Fsp3) is 0.908. The summed E-state index contributed by atoms with van der Waals surface area (Å²) in [6.45, 7) is 6.88. The maximum atomic E-state index is 13.5. The molecule has 0 radical (unpaired) electrons. The van der Waals surface area contributed by atoms with Crippen molar-refractivity contribution in [2.24, 2.45) is 0 Å². The maximum Gasteiger partial charge on any atom is 0.306 e. The van der Waals surface area contributed by atoms with Gasteiger partial charge in [0, 0.05) is 12.8 Å². The molecule has 444 valence electrons. The predicted octanol–water partition coefficient (Wildman–Crippen LogP) is 19.5. The molecule has 9 nitrogen and oxygen atoms in total. The number of allylic oxidation sites excluding steroid dienone is 3. The average Bonchev–Trinajstić information content (AvgIpc) is 3.37. The van der Waals surface area contributed by atoms with E-state index in [1.807, 2.05) is 33.3 Å². The Bertz CT molecular complexity index is 1340. The molecule has 0 aliphatic carbocycles. The van der Waals surface area contributed by atoms with Gasteiger partial charge < -0.3 is 28.5 Å². The number of unbranched alkanes of at least 4 members (excludes halogenated alkanes) is 42. The van der Waals surface area contributed by atoms with Gasteiger partial charge in [0.25, 0.3) is 7.82 Å². The molecule has 0 aliphatic heterocycles. The average molecular weight is 1080 g/mol. The van der Waals surface area contributed by atoms with E-state index in [2.05, 4.69) is 38.2 Å². The van der Waals surface area contributed by atoms with Crippen LogP contribution in [0.3, 0.4) is 0 Å². The van der Waals surface area contributed by atoms with E-state index in [4.69, 9.17) is 13.8 Å². The van der Waals surface area contributed by atoms with Gasteiger partial charge in [-0.25, -0.2) is 0 Å². The van der Waals surface area contributed by atoms with E-state index in [0.717, 1.165) is 57.8 Å². The van der Waals surface area contributed by atoms with E-state index in [1.165, 1.54) is 238 Å². The second kappa shape index (κ2) is 55.8. The molecule has 10 heteroatoms. The molecular formula is C65H127N2O7P. The van der Waals surface area contributed by atoms with Gasteiger partial charge in [-0.1, -0.05) is 283 Å². The van der Waals surface area contributed by atoms with E-state index in [0.29, 0.717) is 17.4 Å². The number of nitrogens with zero attached hydrogens (tertiary/aromatic N) is 1. The van der Waals surface area contributed by atoms with Crippen LogP contribution >= 0.6 is 7.82 Å². The molecule has 0 bridgehead atoms. The Morgan fingerprint density at radius 3 is 1.13 bits per heavy atom. The Labute approximate surface area is 466 Å². The number of carbonyl (C=O) groups excluding carboxylic acids is 2. The normalized spacial score (nSPS) is 13.7. The summed E-state index contributed by atoms with van der Waals surface area (Å²) >= 11 is 0. The Morgan fingerprint density at radius 1 is 0.453 bits per heavy atom. The number of hydrogen-bond donors (Lipinski definition) is 1. The molecule has 0 aliphatic rings. The molecule has 0 saturated heterocycles. The quantitative estimate of drug-likeness (QED) is 0.0212. The largest absolute Gasteiger partial charge is 0.756 e. The van der Waals surface area contributed by atoms with Gasteiger partial charge in [0.05, 0.1) is 33.8 Å². The number of rotatable bonds is 60. The lowest BCUT2D eigenvalue weighted by Gasteiger charge is -2.30. The van der Waals surface area contributed by atoms with E-state index in [1.54, 1.807) is 0 Å². The van der Waals surface area contributed by atoms with Crippen LogP contribution in [0.15, 0.2) is 24.3 Å². The molecule has 0 aromatic rings. The highest BCUT2D eigenvalue weighted by atomic mass is 31.2. The van der Waals surface area contributed by atoms with Gasteiger partial charge >= 0.3 is 5.97 Å². The van der Waals surface area contributed by atoms with Crippen molar-refractivity contribution in [1.82, 2.24) is 5.32 Å². The number of quaternary nitrogens is 1. The van der Waals surface area contributed by atoms with E-state index in [9.17, 15) is 19.0 Å². The Kier molecular flexibility index (Phi) is 54.7. The number of nitrogens with one attached hydrogen (secondary N) is 1. The highest BCUT2D eigenvalue weighted by molar-refractivity contribution is 7.45. The summed E-state index contributed by atoms with van der Waals surface area (Å²) in [5.74, 6) is -0.524. The van der Waals surface area contributed by atoms with Gasteiger partial charge in [-0.3, -0.25) is 14.2 Å². The van der Waals surface area contributed by atoms with Crippen molar-refractivity contribution in [3.05, 3.63) is 24.3 Å². The molecule has 0 rings (SSSR count).